The van der Waals surface area contributed by atoms with Crippen molar-refractivity contribution in [2.24, 2.45) is 5.73 Å². The zero-order chi connectivity index (χ0) is 15.2. The van der Waals surface area contributed by atoms with Crippen molar-refractivity contribution in [2.45, 2.75) is 6.04 Å². The maximum atomic E-state index is 5.93. The van der Waals surface area contributed by atoms with E-state index in [1.165, 1.54) is 5.69 Å². The number of ether oxygens (including phenoxy) is 1. The number of nitrogens with one attached hydrogen (secondary N) is 1. The zero-order valence-electron chi connectivity index (χ0n) is 12.8. The molecule has 1 unspecified atom stereocenters. The van der Waals surface area contributed by atoms with Gasteiger partial charge in [0.2, 0.25) is 0 Å². The highest BCUT2D eigenvalue weighted by molar-refractivity contribution is 5.58. The first-order valence-electron chi connectivity index (χ1n) is 7.02. The third-order valence-electron chi connectivity index (χ3n) is 3.48. The Labute approximate surface area is 126 Å². The average molecular weight is 285 g/mol. The lowest BCUT2D eigenvalue weighted by molar-refractivity contribution is 0.416. The molecule has 4 nitrogen and oxygen atoms in total. The Kier molecular flexibility index (Phi) is 5.06. The number of hydrogen-bond acceptors (Lipinski definition) is 4. The van der Waals surface area contributed by atoms with Crippen molar-refractivity contribution in [2.75, 3.05) is 38.0 Å². The van der Waals surface area contributed by atoms with Gasteiger partial charge in [0.05, 0.1) is 18.8 Å². The molecular formula is C17H23N3O. The number of benzene rings is 2. The lowest BCUT2D eigenvalue weighted by Gasteiger charge is -2.21. The van der Waals surface area contributed by atoms with Crippen molar-refractivity contribution in [3.63, 3.8) is 0 Å². The van der Waals surface area contributed by atoms with E-state index in [0.29, 0.717) is 6.54 Å². The molecule has 21 heavy (non-hydrogen) atoms. The minimum atomic E-state index is 0.0533. The molecule has 2 aromatic rings. The molecule has 0 saturated heterocycles. The normalized spacial score (nSPS) is 11.8. The fraction of sp³-hybridized carbons (Fsp3) is 0.294. The number of hydrogen-bond donors (Lipinski definition) is 2. The molecule has 0 aliphatic rings. The van der Waals surface area contributed by atoms with Gasteiger partial charge in [0, 0.05) is 26.3 Å². The predicted octanol–water partition coefficient (Wildman–Crippen LogP) is 2.87. The molecule has 0 spiro atoms. The molecule has 0 heterocycles. The van der Waals surface area contributed by atoms with Gasteiger partial charge in [-0.1, -0.05) is 24.3 Å². The van der Waals surface area contributed by atoms with Crippen LogP contribution in [0.4, 0.5) is 11.4 Å². The van der Waals surface area contributed by atoms with Gasteiger partial charge in [-0.3, -0.25) is 0 Å². The summed E-state index contributed by atoms with van der Waals surface area (Å²) < 4.78 is 5.37. The quantitative estimate of drug-likeness (QED) is 0.857. The minimum absolute atomic E-state index is 0.0533. The summed E-state index contributed by atoms with van der Waals surface area (Å²) in [5, 5.41) is 3.45. The third-order valence-corrected chi connectivity index (χ3v) is 3.48. The molecular weight excluding hydrogens is 262 g/mol. The molecule has 0 aliphatic heterocycles. The molecule has 0 bridgehead atoms. The molecule has 2 aromatic carbocycles. The highest BCUT2D eigenvalue weighted by atomic mass is 16.5. The summed E-state index contributed by atoms with van der Waals surface area (Å²) in [6.07, 6.45) is 0. The van der Waals surface area contributed by atoms with Crippen LogP contribution in [0.15, 0.2) is 48.5 Å². The van der Waals surface area contributed by atoms with Gasteiger partial charge in [-0.2, -0.15) is 0 Å². The van der Waals surface area contributed by atoms with Crippen molar-refractivity contribution in [3.05, 3.63) is 54.1 Å². The second kappa shape index (κ2) is 6.99. The number of para-hydroxylation sites is 2. The van der Waals surface area contributed by atoms with Crippen LogP contribution in [-0.2, 0) is 0 Å². The number of nitrogens with zero attached hydrogens (tertiary/aromatic N) is 1. The summed E-state index contributed by atoms with van der Waals surface area (Å²) in [7, 11) is 5.73. The molecule has 0 amide bonds. The second-order valence-electron chi connectivity index (χ2n) is 5.12. The van der Waals surface area contributed by atoms with E-state index in [1.54, 1.807) is 7.11 Å². The smallest absolute Gasteiger partial charge is 0.141 e. The third kappa shape index (κ3) is 3.67. The Morgan fingerprint density at radius 3 is 2.33 bits per heavy atom. The van der Waals surface area contributed by atoms with E-state index in [4.69, 9.17) is 10.5 Å². The van der Waals surface area contributed by atoms with Gasteiger partial charge in [0.25, 0.3) is 0 Å². The molecule has 4 heteroatoms. The van der Waals surface area contributed by atoms with Crippen molar-refractivity contribution in [1.29, 1.82) is 0 Å². The summed E-state index contributed by atoms with van der Waals surface area (Å²) in [5.74, 6) is 0.820. The van der Waals surface area contributed by atoms with E-state index in [-0.39, 0.29) is 6.04 Å². The Morgan fingerprint density at radius 1 is 1.10 bits per heavy atom. The van der Waals surface area contributed by atoms with E-state index >= 15 is 0 Å². The van der Waals surface area contributed by atoms with Crippen LogP contribution in [0.25, 0.3) is 0 Å². The Balaban J connectivity index is 2.19. The van der Waals surface area contributed by atoms with Gasteiger partial charge in [0.1, 0.15) is 5.75 Å². The maximum Gasteiger partial charge on any atom is 0.141 e. The predicted molar refractivity (Wildman–Crippen MR) is 89.2 cm³/mol. The van der Waals surface area contributed by atoms with Gasteiger partial charge in [0.15, 0.2) is 0 Å². The molecule has 112 valence electrons. The Morgan fingerprint density at radius 2 is 1.76 bits per heavy atom. The number of methoxy groups -OCH3 is 1. The van der Waals surface area contributed by atoms with E-state index < -0.39 is 0 Å². The standard InChI is InChI=1S/C17H23N3O/c1-20(2)14-10-8-13(9-11-14)16(12-18)19-15-6-4-5-7-17(15)21-3/h4-11,16,19H,12,18H2,1-3H3. The van der Waals surface area contributed by atoms with Crippen LogP contribution in [0, 0.1) is 0 Å². The largest absolute Gasteiger partial charge is 0.495 e. The van der Waals surface area contributed by atoms with Crippen LogP contribution in [0.1, 0.15) is 11.6 Å². The summed E-state index contributed by atoms with van der Waals surface area (Å²) in [5.41, 5.74) is 9.21. The van der Waals surface area contributed by atoms with Gasteiger partial charge in [-0.05, 0) is 29.8 Å². The molecule has 1 atom stereocenters. The average Bonchev–Trinajstić information content (AvgIpc) is 2.53. The Hall–Kier alpha value is -2.20. The van der Waals surface area contributed by atoms with Crippen LogP contribution in [0.5, 0.6) is 5.75 Å². The molecule has 0 aromatic heterocycles. The van der Waals surface area contributed by atoms with E-state index in [2.05, 4.69) is 34.5 Å². The fourth-order valence-corrected chi connectivity index (χ4v) is 2.23. The van der Waals surface area contributed by atoms with Crippen LogP contribution < -0.4 is 20.7 Å². The first-order valence-corrected chi connectivity index (χ1v) is 7.02. The fourth-order valence-electron chi connectivity index (χ4n) is 2.23. The highest BCUT2D eigenvalue weighted by Gasteiger charge is 2.12. The SMILES string of the molecule is COc1ccccc1NC(CN)c1ccc(N(C)C)cc1. The van der Waals surface area contributed by atoms with E-state index in [0.717, 1.165) is 17.0 Å². The van der Waals surface area contributed by atoms with Gasteiger partial charge >= 0.3 is 0 Å². The Bertz CT molecular complexity index is 567. The summed E-state index contributed by atoms with van der Waals surface area (Å²) in [6.45, 7) is 0.513. The highest BCUT2D eigenvalue weighted by Crippen LogP contribution is 2.28. The minimum Gasteiger partial charge on any atom is -0.495 e. The first kappa shape index (κ1) is 15.2. The van der Waals surface area contributed by atoms with Crippen molar-refractivity contribution < 1.29 is 4.74 Å². The number of rotatable bonds is 6. The van der Waals surface area contributed by atoms with Crippen LogP contribution in [0.3, 0.4) is 0 Å². The molecule has 0 aliphatic carbocycles. The second-order valence-corrected chi connectivity index (χ2v) is 5.12. The van der Waals surface area contributed by atoms with Crippen molar-refractivity contribution >= 4 is 11.4 Å². The van der Waals surface area contributed by atoms with E-state index in [9.17, 15) is 0 Å². The van der Waals surface area contributed by atoms with Crippen molar-refractivity contribution in [3.8, 4) is 5.75 Å². The summed E-state index contributed by atoms with van der Waals surface area (Å²) in [6, 6.07) is 16.3. The monoisotopic (exact) mass is 285 g/mol. The lowest BCUT2D eigenvalue weighted by atomic mass is 10.1. The molecule has 3 N–H and O–H groups in total. The van der Waals surface area contributed by atoms with E-state index in [1.807, 2.05) is 38.4 Å². The van der Waals surface area contributed by atoms with Crippen LogP contribution in [0.2, 0.25) is 0 Å². The molecule has 0 saturated carbocycles. The topological polar surface area (TPSA) is 50.5 Å². The van der Waals surface area contributed by atoms with Crippen molar-refractivity contribution in [1.82, 2.24) is 0 Å². The van der Waals surface area contributed by atoms with Crippen LogP contribution in [-0.4, -0.2) is 27.7 Å². The van der Waals surface area contributed by atoms with Gasteiger partial charge in [-0.15, -0.1) is 0 Å². The molecule has 2 rings (SSSR count). The number of anilines is 2. The zero-order valence-corrected chi connectivity index (χ0v) is 12.8. The summed E-state index contributed by atoms with van der Waals surface area (Å²) in [4.78, 5) is 2.08. The molecule has 0 fully saturated rings. The maximum absolute atomic E-state index is 5.93. The number of nitrogens with two attached hydrogens (primary N) is 1. The van der Waals surface area contributed by atoms with Gasteiger partial charge in [-0.25, -0.2) is 0 Å². The van der Waals surface area contributed by atoms with Gasteiger partial charge < -0.3 is 20.7 Å². The first-order chi connectivity index (χ1) is 10.2. The van der Waals surface area contributed by atoms with Crippen LogP contribution >= 0.6 is 0 Å². The lowest BCUT2D eigenvalue weighted by Crippen LogP contribution is -2.21. The molecule has 0 radical (unpaired) electrons. The summed E-state index contributed by atoms with van der Waals surface area (Å²) >= 11 is 0.